The highest BCUT2D eigenvalue weighted by molar-refractivity contribution is 5.57. The highest BCUT2D eigenvalue weighted by atomic mass is 15.2. The maximum atomic E-state index is 3.46. The van der Waals surface area contributed by atoms with E-state index in [4.69, 9.17) is 0 Å². The first-order valence-corrected chi connectivity index (χ1v) is 6.36. The molecule has 1 aliphatic heterocycles. The van der Waals surface area contributed by atoms with Gasteiger partial charge in [-0.2, -0.15) is 0 Å². The molecule has 0 spiro atoms. The van der Waals surface area contributed by atoms with Crippen molar-refractivity contribution in [1.29, 1.82) is 0 Å². The van der Waals surface area contributed by atoms with Crippen LogP contribution in [0.15, 0.2) is 18.2 Å². The molecule has 0 fully saturated rings. The fraction of sp³-hybridized carbons (Fsp3) is 0.571. The zero-order chi connectivity index (χ0) is 12.3. The highest BCUT2D eigenvalue weighted by Crippen LogP contribution is 2.25. The predicted molar refractivity (Wildman–Crippen MR) is 73.7 cm³/mol. The second-order valence-electron chi connectivity index (χ2n) is 5.07. The SMILES string of the molecule is CN(C)CCN(C)c1cccc2c1CNCC2. The minimum atomic E-state index is 1.01. The standard InChI is InChI=1S/C14H23N3/c1-16(2)9-10-17(3)14-6-4-5-12-7-8-15-11-13(12)14/h4-6,15H,7-11H2,1-3H3. The van der Waals surface area contributed by atoms with Crippen LogP contribution in [0.25, 0.3) is 0 Å². The van der Waals surface area contributed by atoms with Gasteiger partial charge in [0.15, 0.2) is 0 Å². The van der Waals surface area contributed by atoms with Gasteiger partial charge in [0.1, 0.15) is 0 Å². The maximum absolute atomic E-state index is 3.46. The van der Waals surface area contributed by atoms with Gasteiger partial charge in [0, 0.05) is 32.4 Å². The average molecular weight is 233 g/mol. The molecule has 0 radical (unpaired) electrons. The van der Waals surface area contributed by atoms with Crippen molar-refractivity contribution in [2.24, 2.45) is 0 Å². The molecule has 0 amide bonds. The summed E-state index contributed by atoms with van der Waals surface area (Å²) >= 11 is 0. The van der Waals surface area contributed by atoms with Crippen molar-refractivity contribution in [3.63, 3.8) is 0 Å². The zero-order valence-corrected chi connectivity index (χ0v) is 11.2. The van der Waals surface area contributed by atoms with E-state index in [0.29, 0.717) is 0 Å². The van der Waals surface area contributed by atoms with Crippen molar-refractivity contribution < 1.29 is 0 Å². The fourth-order valence-corrected chi connectivity index (χ4v) is 2.32. The fourth-order valence-electron chi connectivity index (χ4n) is 2.32. The van der Waals surface area contributed by atoms with Crippen LogP contribution < -0.4 is 10.2 Å². The molecule has 2 rings (SSSR count). The van der Waals surface area contributed by atoms with Gasteiger partial charge in [0.25, 0.3) is 0 Å². The number of rotatable bonds is 4. The Morgan fingerprint density at radius 3 is 2.76 bits per heavy atom. The first-order chi connectivity index (χ1) is 8.18. The van der Waals surface area contributed by atoms with E-state index < -0.39 is 0 Å². The summed E-state index contributed by atoms with van der Waals surface area (Å²) < 4.78 is 0. The third-order valence-electron chi connectivity index (χ3n) is 3.42. The van der Waals surface area contributed by atoms with Crippen LogP contribution in [0.2, 0.25) is 0 Å². The second-order valence-corrected chi connectivity index (χ2v) is 5.07. The Kier molecular flexibility index (Phi) is 4.02. The highest BCUT2D eigenvalue weighted by Gasteiger charge is 2.14. The lowest BCUT2D eigenvalue weighted by molar-refractivity contribution is 0.416. The number of anilines is 1. The molecule has 0 bridgehead atoms. The lowest BCUT2D eigenvalue weighted by Gasteiger charge is -2.27. The smallest absolute Gasteiger partial charge is 0.0412 e. The third kappa shape index (κ3) is 2.99. The van der Waals surface area contributed by atoms with Crippen LogP contribution >= 0.6 is 0 Å². The summed E-state index contributed by atoms with van der Waals surface area (Å²) in [5.74, 6) is 0. The van der Waals surface area contributed by atoms with Gasteiger partial charge < -0.3 is 15.1 Å². The second kappa shape index (κ2) is 5.52. The molecule has 1 aromatic rings. The van der Waals surface area contributed by atoms with Gasteiger partial charge in [-0.1, -0.05) is 12.1 Å². The van der Waals surface area contributed by atoms with Crippen molar-refractivity contribution >= 4 is 5.69 Å². The predicted octanol–water partition coefficient (Wildman–Crippen LogP) is 1.33. The van der Waals surface area contributed by atoms with E-state index >= 15 is 0 Å². The Hall–Kier alpha value is -1.06. The van der Waals surface area contributed by atoms with Gasteiger partial charge in [-0.05, 0) is 44.3 Å². The zero-order valence-electron chi connectivity index (χ0n) is 11.2. The summed E-state index contributed by atoms with van der Waals surface area (Å²) in [4.78, 5) is 4.59. The Balaban J connectivity index is 2.14. The number of benzene rings is 1. The lowest BCUT2D eigenvalue weighted by Crippen LogP contribution is -2.31. The van der Waals surface area contributed by atoms with Crippen LogP contribution in [0.1, 0.15) is 11.1 Å². The van der Waals surface area contributed by atoms with Crippen LogP contribution in [-0.4, -0.2) is 45.7 Å². The van der Waals surface area contributed by atoms with Crippen LogP contribution in [0.3, 0.4) is 0 Å². The summed E-state index contributed by atoms with van der Waals surface area (Å²) in [6.07, 6.45) is 1.16. The van der Waals surface area contributed by atoms with Crippen molar-refractivity contribution in [1.82, 2.24) is 10.2 Å². The number of nitrogens with one attached hydrogen (secondary N) is 1. The monoisotopic (exact) mass is 233 g/mol. The average Bonchev–Trinajstić information content (AvgIpc) is 2.35. The van der Waals surface area contributed by atoms with Gasteiger partial charge >= 0.3 is 0 Å². The molecule has 1 aliphatic rings. The lowest BCUT2D eigenvalue weighted by atomic mass is 9.99. The molecule has 0 saturated carbocycles. The van der Waals surface area contributed by atoms with Crippen LogP contribution in [-0.2, 0) is 13.0 Å². The van der Waals surface area contributed by atoms with Crippen LogP contribution in [0.5, 0.6) is 0 Å². The van der Waals surface area contributed by atoms with E-state index in [-0.39, 0.29) is 0 Å². The third-order valence-corrected chi connectivity index (χ3v) is 3.42. The normalized spacial score (nSPS) is 14.8. The minimum absolute atomic E-state index is 1.01. The molecule has 0 atom stereocenters. The Labute approximate surface area is 104 Å². The molecule has 3 nitrogen and oxygen atoms in total. The molecule has 0 saturated heterocycles. The van der Waals surface area contributed by atoms with Crippen molar-refractivity contribution in [3.05, 3.63) is 29.3 Å². The molecular weight excluding hydrogens is 210 g/mol. The molecule has 0 unspecified atom stereocenters. The van der Waals surface area contributed by atoms with Gasteiger partial charge in [0.2, 0.25) is 0 Å². The first kappa shape index (κ1) is 12.4. The Morgan fingerprint density at radius 2 is 2.00 bits per heavy atom. The molecule has 0 aliphatic carbocycles. The van der Waals surface area contributed by atoms with Crippen molar-refractivity contribution in [2.75, 3.05) is 45.7 Å². The number of fused-ring (bicyclic) bond motifs is 1. The Bertz CT molecular complexity index is 374. The molecule has 3 heteroatoms. The number of nitrogens with zero attached hydrogens (tertiary/aromatic N) is 2. The van der Waals surface area contributed by atoms with Gasteiger partial charge in [0.05, 0.1) is 0 Å². The topological polar surface area (TPSA) is 18.5 Å². The van der Waals surface area contributed by atoms with Crippen LogP contribution in [0.4, 0.5) is 5.69 Å². The van der Waals surface area contributed by atoms with E-state index in [1.807, 2.05) is 0 Å². The van der Waals surface area contributed by atoms with Gasteiger partial charge in [-0.3, -0.25) is 0 Å². The van der Waals surface area contributed by atoms with Gasteiger partial charge in [-0.25, -0.2) is 0 Å². The summed E-state index contributed by atoms with van der Waals surface area (Å²) in [5, 5.41) is 3.46. The summed E-state index contributed by atoms with van der Waals surface area (Å²) in [5.41, 5.74) is 4.38. The quantitative estimate of drug-likeness (QED) is 0.846. The van der Waals surface area contributed by atoms with Crippen molar-refractivity contribution in [3.8, 4) is 0 Å². The molecule has 1 aromatic carbocycles. The molecule has 94 valence electrons. The van der Waals surface area contributed by atoms with E-state index in [0.717, 1.165) is 32.6 Å². The molecule has 1 heterocycles. The van der Waals surface area contributed by atoms with Crippen LogP contribution in [0, 0.1) is 0 Å². The molecule has 1 N–H and O–H groups in total. The Morgan fingerprint density at radius 1 is 1.18 bits per heavy atom. The van der Waals surface area contributed by atoms with E-state index in [1.165, 1.54) is 16.8 Å². The molecule has 0 aromatic heterocycles. The largest absolute Gasteiger partial charge is 0.373 e. The summed E-state index contributed by atoms with van der Waals surface area (Å²) in [6.45, 7) is 4.28. The number of hydrogen-bond acceptors (Lipinski definition) is 3. The maximum Gasteiger partial charge on any atom is 0.0412 e. The number of likely N-dealkylation sites (N-methyl/N-ethyl adjacent to an activating group) is 2. The van der Waals surface area contributed by atoms with E-state index in [2.05, 4.69) is 54.5 Å². The summed E-state index contributed by atoms with van der Waals surface area (Å²) in [7, 11) is 6.43. The van der Waals surface area contributed by atoms with E-state index in [9.17, 15) is 0 Å². The summed E-state index contributed by atoms with van der Waals surface area (Å²) in [6, 6.07) is 6.69. The van der Waals surface area contributed by atoms with E-state index in [1.54, 1.807) is 0 Å². The number of hydrogen-bond donors (Lipinski definition) is 1. The van der Waals surface area contributed by atoms with Crippen molar-refractivity contribution in [2.45, 2.75) is 13.0 Å². The minimum Gasteiger partial charge on any atom is -0.373 e. The molecular formula is C14H23N3. The molecule has 17 heavy (non-hydrogen) atoms. The van der Waals surface area contributed by atoms with Gasteiger partial charge in [-0.15, -0.1) is 0 Å². The first-order valence-electron chi connectivity index (χ1n) is 6.36.